The Morgan fingerprint density at radius 2 is 1.95 bits per heavy atom. The molecule has 0 aliphatic carbocycles. The van der Waals surface area contributed by atoms with Gasteiger partial charge >= 0.3 is 5.63 Å². The molecule has 1 heterocycles. The van der Waals surface area contributed by atoms with Crippen LogP contribution in [0.2, 0.25) is 0 Å². The predicted molar refractivity (Wildman–Crippen MR) is 78.6 cm³/mol. The summed E-state index contributed by atoms with van der Waals surface area (Å²) in [6, 6.07) is 6.63. The van der Waals surface area contributed by atoms with E-state index in [0.717, 1.165) is 0 Å². The number of hydrogen-bond donors (Lipinski definition) is 2. The van der Waals surface area contributed by atoms with Crippen LogP contribution in [0, 0.1) is 0 Å². The van der Waals surface area contributed by atoms with Gasteiger partial charge in [-0.05, 0) is 44.5 Å². The van der Waals surface area contributed by atoms with Crippen molar-refractivity contribution in [3.8, 4) is 0 Å². The summed E-state index contributed by atoms with van der Waals surface area (Å²) in [4.78, 5) is 11.2. The molecule has 1 aromatic carbocycles. The van der Waals surface area contributed by atoms with E-state index in [2.05, 4.69) is 4.72 Å². The number of hydrogen-bond acceptors (Lipinski definition) is 5. The number of benzene rings is 1. The molecular weight excluding hydrogens is 294 g/mol. The van der Waals surface area contributed by atoms with Crippen LogP contribution in [0.1, 0.15) is 20.3 Å². The molecule has 0 fully saturated rings. The number of aliphatic hydroxyl groups is 1. The minimum Gasteiger partial charge on any atom is -0.423 e. The second-order valence-corrected chi connectivity index (χ2v) is 6.78. The maximum absolute atomic E-state index is 12.2. The fourth-order valence-corrected chi connectivity index (χ4v) is 3.40. The van der Waals surface area contributed by atoms with E-state index in [1.165, 1.54) is 30.3 Å². The van der Waals surface area contributed by atoms with Crippen LogP contribution in [0.5, 0.6) is 0 Å². The second kappa shape index (κ2) is 5.97. The van der Waals surface area contributed by atoms with Gasteiger partial charge in [0.2, 0.25) is 10.0 Å². The van der Waals surface area contributed by atoms with Crippen molar-refractivity contribution in [2.45, 2.75) is 37.3 Å². The van der Waals surface area contributed by atoms with Crippen LogP contribution in [0.4, 0.5) is 0 Å². The van der Waals surface area contributed by atoms with Crippen molar-refractivity contribution in [1.29, 1.82) is 0 Å². The van der Waals surface area contributed by atoms with Crippen LogP contribution in [-0.4, -0.2) is 25.7 Å². The summed E-state index contributed by atoms with van der Waals surface area (Å²) in [5.74, 6) is 0. The highest BCUT2D eigenvalue weighted by Gasteiger charge is 2.19. The van der Waals surface area contributed by atoms with E-state index in [0.29, 0.717) is 17.4 Å². The predicted octanol–water partition coefficient (Wildman–Crippen LogP) is 1.23. The van der Waals surface area contributed by atoms with E-state index in [1.54, 1.807) is 13.8 Å². The van der Waals surface area contributed by atoms with Gasteiger partial charge in [-0.15, -0.1) is 0 Å². The molecule has 2 unspecified atom stereocenters. The average Bonchev–Trinajstić information content (AvgIpc) is 2.36. The molecular formula is C14H17NO5S. The summed E-state index contributed by atoms with van der Waals surface area (Å²) in [6.45, 7) is 3.28. The van der Waals surface area contributed by atoms with Gasteiger partial charge in [0.1, 0.15) is 5.58 Å². The molecule has 2 N–H and O–H groups in total. The van der Waals surface area contributed by atoms with Crippen LogP contribution in [0.15, 0.2) is 44.4 Å². The maximum atomic E-state index is 12.2. The zero-order valence-electron chi connectivity index (χ0n) is 11.7. The first-order chi connectivity index (χ1) is 9.78. The minimum atomic E-state index is -3.69. The van der Waals surface area contributed by atoms with Gasteiger partial charge in [0.25, 0.3) is 0 Å². The smallest absolute Gasteiger partial charge is 0.336 e. The summed E-state index contributed by atoms with van der Waals surface area (Å²) in [5, 5.41) is 9.81. The Morgan fingerprint density at radius 1 is 1.24 bits per heavy atom. The van der Waals surface area contributed by atoms with E-state index in [9.17, 15) is 18.3 Å². The van der Waals surface area contributed by atoms with Gasteiger partial charge in [-0.1, -0.05) is 0 Å². The molecule has 0 radical (unpaired) electrons. The zero-order chi connectivity index (χ0) is 15.6. The van der Waals surface area contributed by atoms with Gasteiger partial charge in [0.15, 0.2) is 0 Å². The molecule has 2 aromatic rings. The molecule has 0 amide bonds. The quantitative estimate of drug-likeness (QED) is 0.810. The highest BCUT2D eigenvalue weighted by Crippen LogP contribution is 2.18. The average molecular weight is 311 g/mol. The Morgan fingerprint density at radius 3 is 2.62 bits per heavy atom. The molecule has 0 bridgehead atoms. The molecule has 2 atom stereocenters. The van der Waals surface area contributed by atoms with Gasteiger partial charge in [-0.2, -0.15) is 0 Å². The van der Waals surface area contributed by atoms with Crippen LogP contribution in [0.25, 0.3) is 11.0 Å². The van der Waals surface area contributed by atoms with Crippen molar-refractivity contribution in [1.82, 2.24) is 4.72 Å². The van der Waals surface area contributed by atoms with E-state index in [-0.39, 0.29) is 10.9 Å². The van der Waals surface area contributed by atoms with Crippen LogP contribution >= 0.6 is 0 Å². The Hall–Kier alpha value is -1.70. The van der Waals surface area contributed by atoms with E-state index >= 15 is 0 Å². The number of aliphatic hydroxyl groups excluding tert-OH is 1. The second-order valence-electron chi connectivity index (χ2n) is 5.06. The summed E-state index contributed by atoms with van der Waals surface area (Å²) in [7, 11) is -3.69. The van der Waals surface area contributed by atoms with Crippen LogP contribution in [0.3, 0.4) is 0 Å². The molecule has 0 saturated carbocycles. The summed E-state index contributed by atoms with van der Waals surface area (Å²) >= 11 is 0. The number of fused-ring (bicyclic) bond motifs is 1. The Kier molecular flexibility index (Phi) is 4.46. The normalized spacial score (nSPS) is 15.0. The largest absolute Gasteiger partial charge is 0.423 e. The number of nitrogens with one attached hydrogen (secondary N) is 1. The third kappa shape index (κ3) is 3.90. The first-order valence-corrected chi connectivity index (χ1v) is 8.00. The number of rotatable bonds is 5. The first-order valence-electron chi connectivity index (χ1n) is 6.52. The zero-order valence-corrected chi connectivity index (χ0v) is 12.6. The van der Waals surface area contributed by atoms with Crippen molar-refractivity contribution in [2.75, 3.05) is 0 Å². The topological polar surface area (TPSA) is 96.6 Å². The molecule has 2 rings (SSSR count). The molecule has 0 aliphatic rings. The highest BCUT2D eigenvalue weighted by molar-refractivity contribution is 7.89. The van der Waals surface area contributed by atoms with Crippen molar-refractivity contribution >= 4 is 21.0 Å². The molecule has 6 nitrogen and oxygen atoms in total. The maximum Gasteiger partial charge on any atom is 0.336 e. The summed E-state index contributed by atoms with van der Waals surface area (Å²) < 4.78 is 32.0. The van der Waals surface area contributed by atoms with E-state index < -0.39 is 21.8 Å². The standard InChI is InChI=1S/C14H17NO5S/c1-9(7-10(2)16)15-21(18,19)12-4-5-13-11(8-12)3-6-14(17)20-13/h3-6,8-10,15-16H,7H2,1-2H3. The monoisotopic (exact) mass is 311 g/mol. The Labute approximate surface area is 122 Å². The highest BCUT2D eigenvalue weighted by atomic mass is 32.2. The molecule has 1 aromatic heterocycles. The molecule has 0 spiro atoms. The van der Waals surface area contributed by atoms with Crippen molar-refractivity contribution in [3.05, 3.63) is 40.8 Å². The van der Waals surface area contributed by atoms with Crippen LogP contribution < -0.4 is 10.3 Å². The van der Waals surface area contributed by atoms with Crippen LogP contribution in [-0.2, 0) is 10.0 Å². The third-order valence-corrected chi connectivity index (χ3v) is 4.54. The van der Waals surface area contributed by atoms with E-state index in [4.69, 9.17) is 4.42 Å². The third-order valence-electron chi connectivity index (χ3n) is 2.95. The minimum absolute atomic E-state index is 0.0845. The van der Waals surface area contributed by atoms with Gasteiger partial charge < -0.3 is 9.52 Å². The fraction of sp³-hybridized carbons (Fsp3) is 0.357. The lowest BCUT2D eigenvalue weighted by atomic mass is 10.2. The summed E-state index contributed by atoms with van der Waals surface area (Å²) in [6.07, 6.45) is -0.268. The van der Waals surface area contributed by atoms with Gasteiger partial charge in [-0.3, -0.25) is 0 Å². The molecule has 7 heteroatoms. The summed E-state index contributed by atoms with van der Waals surface area (Å²) in [5.41, 5.74) is -0.153. The fourth-order valence-electron chi connectivity index (χ4n) is 2.11. The first kappa shape index (κ1) is 15.7. The van der Waals surface area contributed by atoms with Gasteiger partial charge in [-0.25, -0.2) is 17.9 Å². The molecule has 0 saturated heterocycles. The van der Waals surface area contributed by atoms with Crippen molar-refractivity contribution in [3.63, 3.8) is 0 Å². The lowest BCUT2D eigenvalue weighted by Crippen LogP contribution is -2.34. The number of sulfonamides is 1. The van der Waals surface area contributed by atoms with E-state index in [1.807, 2.05) is 0 Å². The van der Waals surface area contributed by atoms with Crippen molar-refractivity contribution in [2.24, 2.45) is 0 Å². The molecule has 21 heavy (non-hydrogen) atoms. The Balaban J connectivity index is 2.32. The SMILES string of the molecule is CC(O)CC(C)NS(=O)(=O)c1ccc2oc(=O)ccc2c1. The van der Waals surface area contributed by atoms with Gasteiger partial charge in [0.05, 0.1) is 11.0 Å². The Bertz CT molecular complexity index is 794. The molecule has 114 valence electrons. The lowest BCUT2D eigenvalue weighted by Gasteiger charge is -2.15. The molecule has 0 aliphatic heterocycles. The lowest BCUT2D eigenvalue weighted by molar-refractivity contribution is 0.175. The van der Waals surface area contributed by atoms with Crippen molar-refractivity contribution < 1.29 is 17.9 Å². The van der Waals surface area contributed by atoms with Gasteiger partial charge in [0, 0.05) is 17.5 Å².